The highest BCUT2D eigenvalue weighted by atomic mass is 16.5. The number of rotatable bonds is 16. The van der Waals surface area contributed by atoms with E-state index in [0.717, 1.165) is 6.42 Å². The number of hydrogen-bond acceptors (Lipinski definition) is 2. The van der Waals surface area contributed by atoms with Crippen LogP contribution in [-0.2, 0) is 9.53 Å². The van der Waals surface area contributed by atoms with E-state index in [1.807, 2.05) is 13.8 Å². The van der Waals surface area contributed by atoms with Crippen molar-refractivity contribution in [3.05, 3.63) is 0 Å². The number of unbranched alkanes of at least 4 members (excludes halogenated alkanes) is 12. The Bertz CT molecular complexity index is 238. The fraction of sp³-hybridized carbons (Fsp3) is 0.950. The highest BCUT2D eigenvalue weighted by Gasteiger charge is 2.06. The second kappa shape index (κ2) is 16.8. The van der Waals surface area contributed by atoms with Crippen molar-refractivity contribution < 1.29 is 9.53 Å². The minimum Gasteiger partial charge on any atom is -0.463 e. The number of carbonyl (C=O) groups excluding carboxylic acids is 1. The lowest BCUT2D eigenvalue weighted by atomic mass is 10.0. The lowest BCUT2D eigenvalue weighted by molar-refractivity contribution is -0.148. The zero-order valence-corrected chi connectivity index (χ0v) is 15.5. The molecule has 0 spiro atoms. The molecule has 0 aliphatic heterocycles. The molecule has 0 aliphatic rings. The van der Waals surface area contributed by atoms with Gasteiger partial charge in [-0.25, -0.2) is 0 Å². The molecule has 0 saturated carbocycles. The van der Waals surface area contributed by atoms with Gasteiger partial charge in [0, 0.05) is 6.42 Å². The van der Waals surface area contributed by atoms with E-state index in [2.05, 4.69) is 6.92 Å². The Balaban J connectivity index is 3.12. The van der Waals surface area contributed by atoms with E-state index in [4.69, 9.17) is 4.74 Å². The van der Waals surface area contributed by atoms with Gasteiger partial charge in [0.1, 0.15) is 0 Å². The summed E-state index contributed by atoms with van der Waals surface area (Å²) in [6, 6.07) is 0. The molecule has 0 saturated heterocycles. The molecule has 22 heavy (non-hydrogen) atoms. The van der Waals surface area contributed by atoms with Crippen LogP contribution in [0.5, 0.6) is 0 Å². The monoisotopic (exact) mass is 312 g/mol. The number of hydrogen-bond donors (Lipinski definition) is 0. The minimum absolute atomic E-state index is 0.0674. The maximum absolute atomic E-state index is 11.1. The summed E-state index contributed by atoms with van der Waals surface area (Å²) in [5.74, 6) is -0.0674. The summed E-state index contributed by atoms with van der Waals surface area (Å²) in [6.07, 6.45) is 19.5. The van der Waals surface area contributed by atoms with Gasteiger partial charge in [-0.1, -0.05) is 90.9 Å². The van der Waals surface area contributed by atoms with E-state index in [1.165, 1.54) is 83.5 Å². The molecule has 1 atom stereocenters. The Kier molecular flexibility index (Phi) is 16.4. The summed E-state index contributed by atoms with van der Waals surface area (Å²) in [5, 5.41) is 0. The maximum atomic E-state index is 11.1. The first-order valence-electron chi connectivity index (χ1n) is 9.90. The standard InChI is InChI=1S/C20H40O2/c1-4-6-7-8-9-10-11-12-13-14-15-16-17-18-19(3)22-20(21)5-2/h19H,4-18H2,1-3H3. The Morgan fingerprint density at radius 1 is 0.727 bits per heavy atom. The van der Waals surface area contributed by atoms with Crippen LogP contribution in [0.3, 0.4) is 0 Å². The summed E-state index contributed by atoms with van der Waals surface area (Å²) < 4.78 is 5.27. The molecule has 0 amide bonds. The molecule has 0 aliphatic carbocycles. The van der Waals surface area contributed by atoms with Crippen LogP contribution in [0, 0.1) is 0 Å². The van der Waals surface area contributed by atoms with Gasteiger partial charge in [0.2, 0.25) is 0 Å². The van der Waals surface area contributed by atoms with Gasteiger partial charge in [-0.3, -0.25) is 4.79 Å². The molecular weight excluding hydrogens is 272 g/mol. The highest BCUT2D eigenvalue weighted by Crippen LogP contribution is 2.14. The number of carbonyl (C=O) groups is 1. The third-order valence-electron chi connectivity index (χ3n) is 4.34. The Morgan fingerprint density at radius 2 is 1.14 bits per heavy atom. The van der Waals surface area contributed by atoms with Crippen molar-refractivity contribution in [2.24, 2.45) is 0 Å². The van der Waals surface area contributed by atoms with Gasteiger partial charge in [-0.2, -0.15) is 0 Å². The molecule has 0 radical (unpaired) electrons. The predicted octanol–water partition coefficient (Wildman–Crippen LogP) is 6.81. The van der Waals surface area contributed by atoms with Crippen LogP contribution in [-0.4, -0.2) is 12.1 Å². The van der Waals surface area contributed by atoms with Gasteiger partial charge >= 0.3 is 5.97 Å². The molecule has 0 heterocycles. The largest absolute Gasteiger partial charge is 0.463 e. The van der Waals surface area contributed by atoms with Gasteiger partial charge in [0.15, 0.2) is 0 Å². The predicted molar refractivity (Wildman–Crippen MR) is 96.2 cm³/mol. The normalized spacial score (nSPS) is 12.3. The van der Waals surface area contributed by atoms with Crippen LogP contribution >= 0.6 is 0 Å². The summed E-state index contributed by atoms with van der Waals surface area (Å²) in [6.45, 7) is 6.13. The van der Waals surface area contributed by atoms with E-state index < -0.39 is 0 Å². The molecule has 2 nitrogen and oxygen atoms in total. The van der Waals surface area contributed by atoms with Crippen molar-refractivity contribution in [3.8, 4) is 0 Å². The maximum Gasteiger partial charge on any atom is 0.305 e. The second-order valence-corrected chi connectivity index (χ2v) is 6.69. The first kappa shape index (κ1) is 21.5. The van der Waals surface area contributed by atoms with E-state index in [1.54, 1.807) is 0 Å². The smallest absolute Gasteiger partial charge is 0.305 e. The van der Waals surface area contributed by atoms with Gasteiger partial charge in [0.05, 0.1) is 6.10 Å². The van der Waals surface area contributed by atoms with Crippen molar-refractivity contribution >= 4 is 5.97 Å². The number of ether oxygens (including phenoxy) is 1. The van der Waals surface area contributed by atoms with Crippen LogP contribution in [0.4, 0.5) is 0 Å². The minimum atomic E-state index is -0.0674. The second-order valence-electron chi connectivity index (χ2n) is 6.69. The SMILES string of the molecule is CCCCCCCCCCCCCCCC(C)OC(=O)CC. The third-order valence-corrected chi connectivity index (χ3v) is 4.34. The highest BCUT2D eigenvalue weighted by molar-refractivity contribution is 5.69. The Labute approximate surface area is 139 Å². The van der Waals surface area contributed by atoms with Gasteiger partial charge in [0.25, 0.3) is 0 Å². The van der Waals surface area contributed by atoms with E-state index >= 15 is 0 Å². The number of esters is 1. The van der Waals surface area contributed by atoms with Crippen molar-refractivity contribution in [2.45, 2.75) is 123 Å². The quantitative estimate of drug-likeness (QED) is 0.231. The topological polar surface area (TPSA) is 26.3 Å². The molecule has 0 aromatic carbocycles. The molecule has 2 heteroatoms. The zero-order chi connectivity index (χ0) is 16.5. The van der Waals surface area contributed by atoms with Gasteiger partial charge in [-0.05, 0) is 19.8 Å². The molecule has 0 N–H and O–H groups in total. The lowest BCUT2D eigenvalue weighted by Crippen LogP contribution is -2.13. The molecule has 0 aromatic heterocycles. The van der Waals surface area contributed by atoms with Gasteiger partial charge in [-0.15, -0.1) is 0 Å². The lowest BCUT2D eigenvalue weighted by Gasteiger charge is -2.12. The summed E-state index contributed by atoms with van der Waals surface area (Å²) in [4.78, 5) is 11.1. The van der Waals surface area contributed by atoms with Crippen LogP contribution < -0.4 is 0 Å². The zero-order valence-electron chi connectivity index (χ0n) is 15.5. The molecule has 0 fully saturated rings. The summed E-state index contributed by atoms with van der Waals surface area (Å²) >= 11 is 0. The van der Waals surface area contributed by atoms with Crippen molar-refractivity contribution in [1.29, 1.82) is 0 Å². The summed E-state index contributed by atoms with van der Waals surface area (Å²) in [5.41, 5.74) is 0. The van der Waals surface area contributed by atoms with Crippen molar-refractivity contribution in [2.75, 3.05) is 0 Å². The van der Waals surface area contributed by atoms with Crippen molar-refractivity contribution in [1.82, 2.24) is 0 Å². The molecule has 1 unspecified atom stereocenters. The van der Waals surface area contributed by atoms with Crippen LogP contribution in [0.15, 0.2) is 0 Å². The Morgan fingerprint density at radius 3 is 1.55 bits per heavy atom. The van der Waals surface area contributed by atoms with Gasteiger partial charge < -0.3 is 4.74 Å². The third kappa shape index (κ3) is 15.9. The molecule has 0 bridgehead atoms. The molecular formula is C20H40O2. The van der Waals surface area contributed by atoms with E-state index in [0.29, 0.717) is 6.42 Å². The van der Waals surface area contributed by atoms with E-state index in [9.17, 15) is 4.79 Å². The average molecular weight is 313 g/mol. The first-order valence-corrected chi connectivity index (χ1v) is 9.90. The van der Waals surface area contributed by atoms with Crippen LogP contribution in [0.25, 0.3) is 0 Å². The summed E-state index contributed by atoms with van der Waals surface area (Å²) in [7, 11) is 0. The first-order chi connectivity index (χ1) is 10.7. The van der Waals surface area contributed by atoms with Crippen molar-refractivity contribution in [3.63, 3.8) is 0 Å². The average Bonchev–Trinajstić information content (AvgIpc) is 2.51. The fourth-order valence-electron chi connectivity index (χ4n) is 2.82. The molecule has 0 aromatic rings. The van der Waals surface area contributed by atoms with E-state index in [-0.39, 0.29) is 12.1 Å². The molecule has 0 rings (SSSR count). The van der Waals surface area contributed by atoms with Crippen LogP contribution in [0.1, 0.15) is 117 Å². The van der Waals surface area contributed by atoms with Crippen LogP contribution in [0.2, 0.25) is 0 Å². The molecule has 132 valence electrons. The fourth-order valence-corrected chi connectivity index (χ4v) is 2.82. The Hall–Kier alpha value is -0.530.